The van der Waals surface area contributed by atoms with E-state index in [4.69, 9.17) is 5.73 Å². The van der Waals surface area contributed by atoms with Crippen LogP contribution in [0.2, 0.25) is 0 Å². The Morgan fingerprint density at radius 3 is 2.71 bits per heavy atom. The molecule has 3 heteroatoms. The molecular weight excluding hydrogens is 178 g/mol. The van der Waals surface area contributed by atoms with E-state index >= 15 is 0 Å². The molecular formula is C11H21NO2. The van der Waals surface area contributed by atoms with Crippen LogP contribution in [0.5, 0.6) is 0 Å². The average Bonchev–Trinajstić information content (AvgIpc) is 2.14. The molecule has 1 aliphatic rings. The first-order valence-electron chi connectivity index (χ1n) is 5.30. The van der Waals surface area contributed by atoms with E-state index in [1.54, 1.807) is 0 Å². The van der Waals surface area contributed by atoms with E-state index in [0.717, 1.165) is 12.8 Å². The van der Waals surface area contributed by atoms with Crippen LogP contribution in [0.4, 0.5) is 0 Å². The zero-order chi connectivity index (χ0) is 10.8. The van der Waals surface area contributed by atoms with E-state index in [0.29, 0.717) is 11.3 Å². The van der Waals surface area contributed by atoms with Crippen molar-refractivity contribution in [2.24, 2.45) is 17.1 Å². The van der Waals surface area contributed by atoms with Gasteiger partial charge in [-0.25, -0.2) is 0 Å². The summed E-state index contributed by atoms with van der Waals surface area (Å²) in [6.45, 7) is 4.48. The topological polar surface area (TPSA) is 52.3 Å². The van der Waals surface area contributed by atoms with Crippen LogP contribution >= 0.6 is 0 Å². The Balaban J connectivity index is 2.56. The van der Waals surface area contributed by atoms with Crippen molar-refractivity contribution in [2.75, 3.05) is 7.11 Å². The predicted octanol–water partition coefficient (Wildman–Crippen LogP) is 1.70. The highest BCUT2D eigenvalue weighted by Crippen LogP contribution is 2.39. The van der Waals surface area contributed by atoms with E-state index in [9.17, 15) is 4.79 Å². The lowest BCUT2D eigenvalue weighted by atomic mass is 9.70. The molecule has 2 N–H and O–H groups in total. The number of hydrogen-bond acceptors (Lipinski definition) is 3. The molecule has 0 saturated heterocycles. The number of hydrogen-bond donors (Lipinski definition) is 1. The van der Waals surface area contributed by atoms with Crippen LogP contribution in [0.15, 0.2) is 0 Å². The fourth-order valence-corrected chi connectivity index (χ4v) is 2.39. The summed E-state index contributed by atoms with van der Waals surface area (Å²) in [5.74, 6) is 0.0268. The van der Waals surface area contributed by atoms with E-state index in [-0.39, 0.29) is 5.97 Å². The first kappa shape index (κ1) is 11.5. The van der Waals surface area contributed by atoms with Crippen LogP contribution in [0, 0.1) is 11.3 Å². The molecule has 14 heavy (non-hydrogen) atoms. The number of ether oxygens (including phenoxy) is 1. The van der Waals surface area contributed by atoms with Gasteiger partial charge in [0.15, 0.2) is 0 Å². The Morgan fingerprint density at radius 2 is 2.21 bits per heavy atom. The quantitative estimate of drug-likeness (QED) is 0.689. The Hall–Kier alpha value is -0.570. The van der Waals surface area contributed by atoms with Crippen molar-refractivity contribution in [2.45, 2.75) is 45.6 Å². The van der Waals surface area contributed by atoms with Crippen molar-refractivity contribution in [1.29, 1.82) is 0 Å². The van der Waals surface area contributed by atoms with Gasteiger partial charge in [0.05, 0.1) is 7.11 Å². The van der Waals surface area contributed by atoms with Gasteiger partial charge in [-0.3, -0.25) is 4.79 Å². The van der Waals surface area contributed by atoms with Crippen LogP contribution < -0.4 is 5.73 Å². The van der Waals surface area contributed by atoms with Gasteiger partial charge in [0.1, 0.15) is 6.04 Å². The van der Waals surface area contributed by atoms with Gasteiger partial charge in [-0.2, -0.15) is 0 Å². The van der Waals surface area contributed by atoms with Crippen molar-refractivity contribution in [3.8, 4) is 0 Å². The summed E-state index contributed by atoms with van der Waals surface area (Å²) >= 11 is 0. The Kier molecular flexibility index (Phi) is 3.53. The van der Waals surface area contributed by atoms with Gasteiger partial charge in [-0.1, -0.05) is 20.3 Å². The van der Waals surface area contributed by atoms with E-state index in [1.807, 2.05) is 0 Å². The van der Waals surface area contributed by atoms with Gasteiger partial charge in [-0.05, 0) is 30.6 Å². The molecule has 2 unspecified atom stereocenters. The lowest BCUT2D eigenvalue weighted by Gasteiger charge is -2.36. The monoisotopic (exact) mass is 199 g/mol. The number of methoxy groups -OCH3 is 1. The van der Waals surface area contributed by atoms with E-state index in [2.05, 4.69) is 18.6 Å². The maximum Gasteiger partial charge on any atom is 0.322 e. The fraction of sp³-hybridized carbons (Fsp3) is 0.909. The number of carbonyl (C=O) groups excluding carboxylic acids is 1. The number of rotatable bonds is 2. The molecule has 0 bridgehead atoms. The Bertz CT molecular complexity index is 213. The van der Waals surface area contributed by atoms with Crippen LogP contribution in [0.3, 0.4) is 0 Å². The van der Waals surface area contributed by atoms with Crippen LogP contribution in [0.25, 0.3) is 0 Å². The number of nitrogens with two attached hydrogens (primary N) is 1. The Labute approximate surface area is 86.0 Å². The average molecular weight is 199 g/mol. The minimum atomic E-state index is -0.431. The second kappa shape index (κ2) is 4.30. The van der Waals surface area contributed by atoms with Crippen molar-refractivity contribution < 1.29 is 9.53 Å². The van der Waals surface area contributed by atoms with Crippen molar-refractivity contribution in [3.05, 3.63) is 0 Å². The minimum Gasteiger partial charge on any atom is -0.468 e. The molecule has 0 spiro atoms. The summed E-state index contributed by atoms with van der Waals surface area (Å²) in [5, 5.41) is 0. The largest absolute Gasteiger partial charge is 0.468 e. The molecule has 2 atom stereocenters. The molecule has 0 aliphatic heterocycles. The van der Waals surface area contributed by atoms with Crippen molar-refractivity contribution >= 4 is 5.97 Å². The summed E-state index contributed by atoms with van der Waals surface area (Å²) in [6, 6.07) is -0.431. The van der Waals surface area contributed by atoms with Crippen LogP contribution in [-0.2, 0) is 9.53 Å². The van der Waals surface area contributed by atoms with E-state index < -0.39 is 6.04 Å². The van der Waals surface area contributed by atoms with Crippen LogP contribution in [-0.4, -0.2) is 19.1 Å². The highest BCUT2D eigenvalue weighted by Gasteiger charge is 2.34. The number of esters is 1. The van der Waals surface area contributed by atoms with Crippen LogP contribution in [0.1, 0.15) is 39.5 Å². The molecule has 0 heterocycles. The molecule has 0 aromatic carbocycles. The summed E-state index contributed by atoms with van der Waals surface area (Å²) in [5.41, 5.74) is 6.18. The van der Waals surface area contributed by atoms with E-state index in [1.165, 1.54) is 20.0 Å². The van der Waals surface area contributed by atoms with Gasteiger partial charge in [0.25, 0.3) is 0 Å². The molecule has 3 nitrogen and oxygen atoms in total. The molecule has 0 radical (unpaired) electrons. The second-order valence-electron chi connectivity index (χ2n) is 5.07. The standard InChI is InChI=1S/C11H21NO2/c1-11(2)6-4-5-8(7-11)9(12)10(13)14-3/h8-9H,4-7,12H2,1-3H3. The molecule has 1 fully saturated rings. The maximum absolute atomic E-state index is 11.3. The highest BCUT2D eigenvalue weighted by atomic mass is 16.5. The predicted molar refractivity (Wildman–Crippen MR) is 55.7 cm³/mol. The maximum atomic E-state index is 11.3. The van der Waals surface area contributed by atoms with Gasteiger partial charge in [-0.15, -0.1) is 0 Å². The van der Waals surface area contributed by atoms with Gasteiger partial charge >= 0.3 is 5.97 Å². The lowest BCUT2D eigenvalue weighted by Crippen LogP contribution is -2.42. The normalized spacial score (nSPS) is 28.1. The molecule has 0 aromatic heterocycles. The molecule has 1 saturated carbocycles. The summed E-state index contributed by atoms with van der Waals surface area (Å²) in [4.78, 5) is 11.3. The SMILES string of the molecule is COC(=O)C(N)C1CCCC(C)(C)C1. The summed E-state index contributed by atoms with van der Waals surface area (Å²) < 4.78 is 4.67. The first-order valence-corrected chi connectivity index (χ1v) is 5.30. The first-order chi connectivity index (χ1) is 6.46. The van der Waals surface area contributed by atoms with Gasteiger partial charge in [0, 0.05) is 0 Å². The second-order valence-corrected chi connectivity index (χ2v) is 5.07. The molecule has 0 amide bonds. The van der Waals surface area contributed by atoms with Gasteiger partial charge in [0.2, 0.25) is 0 Å². The third kappa shape index (κ3) is 2.71. The summed E-state index contributed by atoms with van der Waals surface area (Å²) in [7, 11) is 1.40. The zero-order valence-corrected chi connectivity index (χ0v) is 9.38. The molecule has 1 aliphatic carbocycles. The lowest BCUT2D eigenvalue weighted by molar-refractivity contribution is -0.144. The fourth-order valence-electron chi connectivity index (χ4n) is 2.39. The third-order valence-electron chi connectivity index (χ3n) is 3.22. The van der Waals surface area contributed by atoms with Crippen molar-refractivity contribution in [1.82, 2.24) is 0 Å². The molecule has 1 rings (SSSR count). The summed E-state index contributed by atoms with van der Waals surface area (Å²) in [6.07, 6.45) is 4.49. The third-order valence-corrected chi connectivity index (χ3v) is 3.22. The Morgan fingerprint density at radius 1 is 1.57 bits per heavy atom. The highest BCUT2D eigenvalue weighted by molar-refractivity contribution is 5.75. The molecule has 0 aromatic rings. The zero-order valence-electron chi connectivity index (χ0n) is 9.38. The van der Waals surface area contributed by atoms with Crippen molar-refractivity contribution in [3.63, 3.8) is 0 Å². The van der Waals surface area contributed by atoms with Gasteiger partial charge < -0.3 is 10.5 Å². The smallest absolute Gasteiger partial charge is 0.322 e. The molecule has 82 valence electrons. The minimum absolute atomic E-state index is 0.271. The number of carbonyl (C=O) groups is 1.